The number of aromatic nitrogens is 3. The van der Waals surface area contributed by atoms with Crippen molar-refractivity contribution < 1.29 is 18.5 Å². The molecule has 4 rings (SSSR count). The van der Waals surface area contributed by atoms with Gasteiger partial charge in [0, 0.05) is 17.0 Å². The Balaban J connectivity index is 1.33. The normalized spacial score (nSPS) is 10.9. The molecule has 0 bridgehead atoms. The summed E-state index contributed by atoms with van der Waals surface area (Å²) in [4.78, 5) is 32.4. The Morgan fingerprint density at radius 1 is 1.07 bits per heavy atom. The first kappa shape index (κ1) is 18.8. The molecule has 29 heavy (non-hydrogen) atoms. The molecule has 0 aliphatic heterocycles. The fraction of sp³-hybridized carbons (Fsp3) is 0.150. The van der Waals surface area contributed by atoms with Crippen molar-refractivity contribution in [3.8, 4) is 11.4 Å². The molecule has 9 heteroatoms. The predicted octanol–water partition coefficient (Wildman–Crippen LogP) is 3.57. The molecule has 0 amide bonds. The number of carbonyl (C=O) groups excluding carboxylic acids is 1. The number of nitrogens with zero attached hydrogens (tertiary/aromatic N) is 3. The Morgan fingerprint density at radius 2 is 1.86 bits per heavy atom. The zero-order valence-electron chi connectivity index (χ0n) is 15.0. The second kappa shape index (κ2) is 8.24. The third-order valence-corrected chi connectivity index (χ3v) is 4.30. The number of carbonyl (C=O) groups is 1. The molecule has 0 N–H and O–H groups in total. The van der Waals surface area contributed by atoms with E-state index in [2.05, 4.69) is 15.1 Å². The second-order valence-electron chi connectivity index (χ2n) is 6.10. The van der Waals surface area contributed by atoms with Crippen molar-refractivity contribution in [2.24, 2.45) is 0 Å². The highest BCUT2D eigenvalue weighted by atomic mass is 35.5. The van der Waals surface area contributed by atoms with Crippen molar-refractivity contribution in [2.45, 2.75) is 19.4 Å². The zero-order valence-corrected chi connectivity index (χ0v) is 15.8. The third kappa shape index (κ3) is 4.49. The van der Waals surface area contributed by atoms with Gasteiger partial charge in [0.25, 0.3) is 5.89 Å². The first-order valence-electron chi connectivity index (χ1n) is 8.71. The van der Waals surface area contributed by atoms with Gasteiger partial charge in [-0.3, -0.25) is 4.79 Å². The molecule has 146 valence electrons. The van der Waals surface area contributed by atoms with Gasteiger partial charge in [-0.15, -0.1) is 0 Å². The maximum atomic E-state index is 12.0. The van der Waals surface area contributed by atoms with Crippen LogP contribution >= 0.6 is 11.6 Å². The molecule has 0 aliphatic carbocycles. The fourth-order valence-corrected chi connectivity index (χ4v) is 2.73. The van der Waals surface area contributed by atoms with Crippen LogP contribution < -0.4 is 5.63 Å². The summed E-state index contributed by atoms with van der Waals surface area (Å²) < 4.78 is 15.4. The Hall–Kier alpha value is -3.52. The summed E-state index contributed by atoms with van der Waals surface area (Å²) in [5.41, 5.74) is 1.28. The number of hydrogen-bond acceptors (Lipinski definition) is 8. The first-order chi connectivity index (χ1) is 14.1. The number of fused-ring (bicyclic) bond motifs is 1. The number of hydrogen-bond donors (Lipinski definition) is 0. The van der Waals surface area contributed by atoms with Gasteiger partial charge >= 0.3 is 11.6 Å². The van der Waals surface area contributed by atoms with Crippen LogP contribution in [0.3, 0.4) is 0 Å². The minimum Gasteiger partial charge on any atom is -0.456 e. The van der Waals surface area contributed by atoms with E-state index >= 15 is 0 Å². The molecular weight excluding hydrogens is 398 g/mol. The Kier molecular flexibility index (Phi) is 5.35. The van der Waals surface area contributed by atoms with E-state index in [1.165, 1.54) is 0 Å². The van der Waals surface area contributed by atoms with Crippen LogP contribution in [0.2, 0.25) is 5.02 Å². The lowest BCUT2D eigenvalue weighted by Crippen LogP contribution is -2.13. The Bertz CT molecular complexity index is 1220. The first-order valence-corrected chi connectivity index (χ1v) is 9.09. The lowest BCUT2D eigenvalue weighted by Gasteiger charge is -2.02. The summed E-state index contributed by atoms with van der Waals surface area (Å²) in [6.07, 6.45) is 0.0696. The van der Waals surface area contributed by atoms with Gasteiger partial charge in [-0.05, 0) is 36.4 Å². The topological polar surface area (TPSA) is 108 Å². The molecule has 0 radical (unpaired) electrons. The van der Waals surface area contributed by atoms with Crippen LogP contribution in [0.4, 0.5) is 0 Å². The highest BCUT2D eigenvalue weighted by molar-refractivity contribution is 6.30. The van der Waals surface area contributed by atoms with Gasteiger partial charge in [0.1, 0.15) is 11.2 Å². The Morgan fingerprint density at radius 3 is 2.69 bits per heavy atom. The van der Waals surface area contributed by atoms with Gasteiger partial charge in [0.05, 0.1) is 6.42 Å². The molecule has 0 unspecified atom stereocenters. The molecule has 0 spiro atoms. The van der Waals surface area contributed by atoms with Crippen molar-refractivity contribution in [1.82, 2.24) is 15.1 Å². The molecule has 8 nitrogen and oxygen atoms in total. The van der Waals surface area contributed by atoms with E-state index in [4.69, 9.17) is 25.3 Å². The molecule has 0 fully saturated rings. The minimum absolute atomic E-state index is 0.0335. The zero-order chi connectivity index (χ0) is 20.2. The van der Waals surface area contributed by atoms with E-state index in [1.54, 1.807) is 48.5 Å². The minimum atomic E-state index is -0.569. The smallest absolute Gasteiger partial charge is 0.358 e. The standard InChI is InChI=1S/C20H14ClN3O5/c21-13-7-5-12(6-8-13)19-23-17(29-24-19)11-27-18(25)10-9-15-20(26)28-16-4-2-1-3-14(16)22-15/h1-8H,9-11H2. The van der Waals surface area contributed by atoms with Gasteiger partial charge in [0.2, 0.25) is 5.82 Å². The molecular formula is C20H14ClN3O5. The number of ether oxygens (including phenoxy) is 1. The van der Waals surface area contributed by atoms with E-state index in [1.807, 2.05) is 0 Å². The summed E-state index contributed by atoms with van der Waals surface area (Å²) in [5.74, 6) is 0.00272. The number of para-hydroxylation sites is 2. The summed E-state index contributed by atoms with van der Waals surface area (Å²) in [7, 11) is 0. The SMILES string of the molecule is O=C(CCc1nc2ccccc2oc1=O)OCc1nc(-c2ccc(Cl)cc2)no1. The fourth-order valence-electron chi connectivity index (χ4n) is 2.61. The number of benzene rings is 2. The molecule has 2 heterocycles. The van der Waals surface area contributed by atoms with Crippen LogP contribution in [-0.2, 0) is 22.6 Å². The van der Waals surface area contributed by atoms with E-state index < -0.39 is 11.6 Å². The second-order valence-corrected chi connectivity index (χ2v) is 6.53. The van der Waals surface area contributed by atoms with Crippen molar-refractivity contribution in [3.63, 3.8) is 0 Å². The van der Waals surface area contributed by atoms with Crippen LogP contribution in [0.1, 0.15) is 18.0 Å². The maximum Gasteiger partial charge on any atom is 0.358 e. The molecule has 2 aromatic carbocycles. The molecule has 0 saturated heterocycles. The summed E-state index contributed by atoms with van der Waals surface area (Å²) in [5, 5.41) is 4.44. The van der Waals surface area contributed by atoms with E-state index in [0.717, 1.165) is 5.56 Å². The predicted molar refractivity (Wildman–Crippen MR) is 103 cm³/mol. The molecule has 2 aromatic heterocycles. The van der Waals surface area contributed by atoms with Crippen LogP contribution in [0.5, 0.6) is 0 Å². The van der Waals surface area contributed by atoms with Crippen LogP contribution in [0.25, 0.3) is 22.5 Å². The largest absolute Gasteiger partial charge is 0.456 e. The molecule has 0 saturated carbocycles. The third-order valence-electron chi connectivity index (χ3n) is 4.05. The van der Waals surface area contributed by atoms with Crippen molar-refractivity contribution in [1.29, 1.82) is 0 Å². The van der Waals surface area contributed by atoms with Gasteiger partial charge in [-0.2, -0.15) is 4.98 Å². The summed E-state index contributed by atoms with van der Waals surface area (Å²) >= 11 is 5.85. The Labute approximate surface area is 169 Å². The quantitative estimate of drug-likeness (QED) is 0.443. The van der Waals surface area contributed by atoms with Crippen LogP contribution in [-0.4, -0.2) is 21.1 Å². The average molecular weight is 412 g/mol. The number of rotatable bonds is 6. The molecule has 0 atom stereocenters. The lowest BCUT2D eigenvalue weighted by molar-refractivity contribution is -0.145. The van der Waals surface area contributed by atoms with Gasteiger partial charge in [0.15, 0.2) is 12.2 Å². The van der Waals surface area contributed by atoms with Gasteiger partial charge in [-0.25, -0.2) is 9.78 Å². The molecule has 4 aromatic rings. The van der Waals surface area contributed by atoms with Crippen molar-refractivity contribution in [3.05, 3.63) is 75.6 Å². The number of aryl methyl sites for hydroxylation is 1. The maximum absolute atomic E-state index is 12.0. The lowest BCUT2D eigenvalue weighted by atomic mass is 10.2. The number of esters is 1. The highest BCUT2D eigenvalue weighted by Gasteiger charge is 2.13. The average Bonchev–Trinajstić information content (AvgIpc) is 3.20. The van der Waals surface area contributed by atoms with E-state index in [0.29, 0.717) is 21.9 Å². The van der Waals surface area contributed by atoms with Crippen molar-refractivity contribution in [2.75, 3.05) is 0 Å². The monoisotopic (exact) mass is 411 g/mol. The van der Waals surface area contributed by atoms with Gasteiger partial charge in [-0.1, -0.05) is 28.9 Å². The van der Waals surface area contributed by atoms with Crippen molar-refractivity contribution >= 4 is 28.7 Å². The summed E-state index contributed by atoms with van der Waals surface area (Å²) in [6, 6.07) is 13.9. The summed E-state index contributed by atoms with van der Waals surface area (Å²) in [6.45, 7) is -0.167. The number of halogens is 1. The molecule has 0 aliphatic rings. The van der Waals surface area contributed by atoms with Gasteiger partial charge < -0.3 is 13.7 Å². The van der Waals surface area contributed by atoms with Crippen LogP contribution in [0.15, 0.2) is 62.3 Å². The van der Waals surface area contributed by atoms with Crippen LogP contribution in [0, 0.1) is 0 Å². The highest BCUT2D eigenvalue weighted by Crippen LogP contribution is 2.19. The van der Waals surface area contributed by atoms with E-state index in [-0.39, 0.29) is 31.0 Å². The van der Waals surface area contributed by atoms with E-state index in [9.17, 15) is 9.59 Å².